The molecule has 0 aliphatic rings. The number of ether oxygens (including phenoxy) is 1. The van der Waals surface area contributed by atoms with Gasteiger partial charge in [-0.3, -0.25) is 9.89 Å². The van der Waals surface area contributed by atoms with E-state index in [1.165, 1.54) is 0 Å². The van der Waals surface area contributed by atoms with Crippen LogP contribution < -0.4 is 10.9 Å². The number of amides is 1. The Morgan fingerprint density at radius 3 is 2.79 bits per heavy atom. The Kier molecular flexibility index (Phi) is 5.52. The first-order valence-corrected chi connectivity index (χ1v) is 9.99. The van der Waals surface area contributed by atoms with E-state index in [0.717, 1.165) is 21.1 Å². The van der Waals surface area contributed by atoms with Gasteiger partial charge in [0.1, 0.15) is 11.1 Å². The first kappa shape index (κ1) is 20.4. The third kappa shape index (κ3) is 4.22. The molecule has 7 nitrogen and oxygen atoms in total. The van der Waals surface area contributed by atoms with Crippen LogP contribution in [0, 0.1) is 12.8 Å². The minimum atomic E-state index is -0.544. The van der Waals surface area contributed by atoms with Crippen molar-refractivity contribution in [1.82, 2.24) is 20.1 Å². The van der Waals surface area contributed by atoms with Gasteiger partial charge in [-0.2, -0.15) is 5.10 Å². The van der Waals surface area contributed by atoms with Crippen LogP contribution in [0.4, 0.5) is 4.79 Å². The van der Waals surface area contributed by atoms with E-state index in [4.69, 9.17) is 4.74 Å². The van der Waals surface area contributed by atoms with Crippen molar-refractivity contribution in [3.63, 3.8) is 0 Å². The highest BCUT2D eigenvalue weighted by atomic mass is 79.9. The molecule has 0 saturated heterocycles. The maximum Gasteiger partial charge on any atom is 0.407 e. The zero-order chi connectivity index (χ0) is 20.6. The lowest BCUT2D eigenvalue weighted by molar-refractivity contribution is 0.0519. The fraction of sp³-hybridized carbons (Fsp3) is 0.450. The van der Waals surface area contributed by atoms with Gasteiger partial charge >= 0.3 is 6.09 Å². The third-order valence-electron chi connectivity index (χ3n) is 4.40. The summed E-state index contributed by atoms with van der Waals surface area (Å²) in [5, 5.41) is 11.5. The SMILES string of the molecule is Cc1[nH]nc2c1c(=O)n(CC(C)CNC(=O)OC(C)(C)C)c1ccc(Br)cc21. The summed E-state index contributed by atoms with van der Waals surface area (Å²) in [6.45, 7) is 10.2. The number of carbonyl (C=O) groups excluding carboxylic acids is 1. The zero-order valence-electron chi connectivity index (χ0n) is 16.7. The topological polar surface area (TPSA) is 89.0 Å². The second-order valence-electron chi connectivity index (χ2n) is 8.14. The number of nitrogens with zero attached hydrogens (tertiary/aromatic N) is 2. The first-order chi connectivity index (χ1) is 13.1. The van der Waals surface area contributed by atoms with E-state index in [2.05, 4.69) is 31.4 Å². The summed E-state index contributed by atoms with van der Waals surface area (Å²) in [5.74, 6) is 0.0294. The number of hydrogen-bond acceptors (Lipinski definition) is 4. The van der Waals surface area contributed by atoms with Crippen molar-refractivity contribution in [3.05, 3.63) is 38.7 Å². The maximum atomic E-state index is 13.1. The third-order valence-corrected chi connectivity index (χ3v) is 4.89. The Bertz CT molecular complexity index is 1090. The van der Waals surface area contributed by atoms with Crippen molar-refractivity contribution < 1.29 is 9.53 Å². The van der Waals surface area contributed by atoms with Crippen molar-refractivity contribution in [2.24, 2.45) is 5.92 Å². The lowest BCUT2D eigenvalue weighted by Gasteiger charge is -2.21. The van der Waals surface area contributed by atoms with Gasteiger partial charge in [-0.25, -0.2) is 4.79 Å². The molecule has 2 aromatic heterocycles. The van der Waals surface area contributed by atoms with Gasteiger partial charge in [0, 0.05) is 28.6 Å². The molecule has 0 spiro atoms. The van der Waals surface area contributed by atoms with Gasteiger partial charge in [-0.1, -0.05) is 22.9 Å². The summed E-state index contributed by atoms with van der Waals surface area (Å²) in [7, 11) is 0. The van der Waals surface area contributed by atoms with Crippen LogP contribution in [0.3, 0.4) is 0 Å². The van der Waals surface area contributed by atoms with Gasteiger partial charge in [0.05, 0.1) is 10.9 Å². The van der Waals surface area contributed by atoms with Gasteiger partial charge in [0.2, 0.25) is 0 Å². The van der Waals surface area contributed by atoms with Gasteiger partial charge in [-0.15, -0.1) is 0 Å². The molecule has 1 unspecified atom stereocenters. The molecule has 3 aromatic rings. The van der Waals surface area contributed by atoms with Crippen molar-refractivity contribution in [2.75, 3.05) is 6.54 Å². The smallest absolute Gasteiger partial charge is 0.407 e. The maximum absolute atomic E-state index is 13.1. The number of nitrogens with one attached hydrogen (secondary N) is 2. The average Bonchev–Trinajstić information content (AvgIpc) is 2.97. The molecule has 0 radical (unpaired) electrons. The number of alkyl carbamates (subject to hydrolysis) is 1. The molecular weight excluding hydrogens is 424 g/mol. The number of pyridine rings is 1. The van der Waals surface area contributed by atoms with E-state index in [-0.39, 0.29) is 11.5 Å². The second kappa shape index (κ2) is 7.58. The summed E-state index contributed by atoms with van der Waals surface area (Å²) in [4.78, 5) is 25.0. The van der Waals surface area contributed by atoms with Crippen LogP contribution >= 0.6 is 15.9 Å². The molecular formula is C20H25BrN4O3. The molecule has 3 rings (SSSR count). The Morgan fingerprint density at radius 1 is 1.39 bits per heavy atom. The van der Waals surface area contributed by atoms with Crippen LogP contribution in [0.25, 0.3) is 21.8 Å². The molecule has 150 valence electrons. The predicted molar refractivity (Wildman–Crippen MR) is 114 cm³/mol. The van der Waals surface area contributed by atoms with Crippen LogP contribution in [-0.2, 0) is 11.3 Å². The second-order valence-corrected chi connectivity index (χ2v) is 9.05. The van der Waals surface area contributed by atoms with E-state index in [1.807, 2.05) is 52.8 Å². The zero-order valence-corrected chi connectivity index (χ0v) is 18.3. The lowest BCUT2D eigenvalue weighted by Crippen LogP contribution is -2.36. The Morgan fingerprint density at radius 2 is 2.11 bits per heavy atom. The van der Waals surface area contributed by atoms with Crippen molar-refractivity contribution in [2.45, 2.75) is 46.8 Å². The highest BCUT2D eigenvalue weighted by Gasteiger charge is 2.19. The van der Waals surface area contributed by atoms with Gasteiger partial charge in [0.25, 0.3) is 5.56 Å². The average molecular weight is 449 g/mol. The van der Waals surface area contributed by atoms with Crippen molar-refractivity contribution in [3.8, 4) is 0 Å². The van der Waals surface area contributed by atoms with Gasteiger partial charge in [-0.05, 0) is 51.8 Å². The number of aromatic amines is 1. The number of halogens is 1. The number of fused-ring (bicyclic) bond motifs is 3. The molecule has 0 bridgehead atoms. The predicted octanol–water partition coefficient (Wildman–Crippen LogP) is 4.11. The Balaban J connectivity index is 1.92. The number of aryl methyl sites for hydroxylation is 1. The van der Waals surface area contributed by atoms with Gasteiger partial charge < -0.3 is 14.6 Å². The van der Waals surface area contributed by atoms with Crippen LogP contribution in [0.1, 0.15) is 33.4 Å². The van der Waals surface area contributed by atoms with E-state index in [0.29, 0.717) is 24.0 Å². The van der Waals surface area contributed by atoms with Crippen LogP contribution in [-0.4, -0.2) is 33.0 Å². The highest BCUT2D eigenvalue weighted by molar-refractivity contribution is 9.10. The standard InChI is InChI=1S/C20H25BrN4O3/c1-11(9-22-19(27)28-20(3,4)5)10-25-15-7-6-13(21)8-14(15)17-16(18(25)26)12(2)23-24-17/h6-8,11H,9-10H2,1-5H3,(H,22,27)(H,23,24). The molecule has 0 aliphatic carbocycles. The summed E-state index contributed by atoms with van der Waals surface area (Å²) in [6.07, 6.45) is -0.457. The molecule has 8 heteroatoms. The molecule has 1 amide bonds. The van der Waals surface area contributed by atoms with Crippen molar-refractivity contribution in [1.29, 1.82) is 0 Å². The monoisotopic (exact) mass is 448 g/mol. The number of aromatic nitrogens is 3. The summed E-state index contributed by atoms with van der Waals surface area (Å²) < 4.78 is 7.95. The summed E-state index contributed by atoms with van der Waals surface area (Å²) >= 11 is 3.50. The number of benzene rings is 1. The molecule has 2 N–H and O–H groups in total. The number of hydrogen-bond donors (Lipinski definition) is 2. The minimum absolute atomic E-state index is 0.0294. The largest absolute Gasteiger partial charge is 0.444 e. The van der Waals surface area contributed by atoms with Crippen molar-refractivity contribution >= 4 is 43.8 Å². The Labute approximate surface area is 171 Å². The van der Waals surface area contributed by atoms with Crippen LogP contribution in [0.15, 0.2) is 27.5 Å². The molecule has 0 aliphatic heterocycles. The fourth-order valence-corrected chi connectivity index (χ4v) is 3.55. The number of rotatable bonds is 4. The normalized spacial score (nSPS) is 13.1. The first-order valence-electron chi connectivity index (χ1n) is 9.20. The van der Waals surface area contributed by atoms with E-state index in [9.17, 15) is 9.59 Å². The molecule has 0 saturated carbocycles. The highest BCUT2D eigenvalue weighted by Crippen LogP contribution is 2.26. The Hall–Kier alpha value is -2.35. The summed E-state index contributed by atoms with van der Waals surface area (Å²) in [6, 6.07) is 5.79. The summed E-state index contributed by atoms with van der Waals surface area (Å²) in [5.41, 5.74) is 1.61. The molecule has 28 heavy (non-hydrogen) atoms. The van der Waals surface area contributed by atoms with Crippen LogP contribution in [0.5, 0.6) is 0 Å². The van der Waals surface area contributed by atoms with E-state index < -0.39 is 11.7 Å². The molecule has 1 aromatic carbocycles. The minimum Gasteiger partial charge on any atom is -0.444 e. The fourth-order valence-electron chi connectivity index (χ4n) is 3.19. The molecule has 1 atom stereocenters. The molecule has 0 fully saturated rings. The van der Waals surface area contributed by atoms with Crippen LogP contribution in [0.2, 0.25) is 0 Å². The van der Waals surface area contributed by atoms with E-state index >= 15 is 0 Å². The quantitative estimate of drug-likeness (QED) is 0.628. The number of H-pyrrole nitrogens is 1. The lowest BCUT2D eigenvalue weighted by atomic mass is 10.1. The van der Waals surface area contributed by atoms with E-state index in [1.54, 1.807) is 4.57 Å². The number of carbonyl (C=O) groups is 1. The molecule has 2 heterocycles. The van der Waals surface area contributed by atoms with Gasteiger partial charge in [0.15, 0.2) is 0 Å².